The quantitative estimate of drug-likeness (QED) is 0.491. The number of hydrogen-bond donors (Lipinski definition) is 0. The molecule has 0 unspecified atom stereocenters. The Bertz CT molecular complexity index is 1250. The Labute approximate surface area is 147 Å². The first-order valence-corrected chi connectivity index (χ1v) is 8.12. The highest BCUT2D eigenvalue weighted by Gasteiger charge is 2.15. The summed E-state index contributed by atoms with van der Waals surface area (Å²) in [6.07, 6.45) is 3.28. The van der Waals surface area contributed by atoms with Crippen molar-refractivity contribution in [3.63, 3.8) is 0 Å². The molecule has 5 rings (SSSR count). The van der Waals surface area contributed by atoms with E-state index in [1.54, 1.807) is 39.9 Å². The van der Waals surface area contributed by atoms with Gasteiger partial charge in [-0.05, 0) is 31.2 Å². The lowest BCUT2D eigenvalue weighted by Gasteiger charge is -2.03. The van der Waals surface area contributed by atoms with Crippen LogP contribution in [0.2, 0.25) is 0 Å². The second-order valence-electron chi connectivity index (χ2n) is 6.06. The molecule has 0 aliphatic carbocycles. The van der Waals surface area contributed by atoms with Crippen LogP contribution in [0, 0.1) is 12.7 Å². The van der Waals surface area contributed by atoms with Crippen LogP contribution >= 0.6 is 0 Å². The molecule has 26 heavy (non-hydrogen) atoms. The maximum Gasteiger partial charge on any atom is 0.185 e. The molecule has 0 radical (unpaired) electrons. The van der Waals surface area contributed by atoms with Gasteiger partial charge in [-0.15, -0.1) is 5.10 Å². The minimum atomic E-state index is -0.358. The van der Waals surface area contributed by atoms with E-state index in [1.165, 1.54) is 11.6 Å². The van der Waals surface area contributed by atoms with E-state index < -0.39 is 0 Å². The Hall–Kier alpha value is -3.61. The molecule has 2 aromatic carbocycles. The summed E-state index contributed by atoms with van der Waals surface area (Å²) in [5, 5.41) is 9.55. The number of hydrogen-bond acceptors (Lipinski definition) is 4. The zero-order valence-electron chi connectivity index (χ0n) is 13.8. The first-order chi connectivity index (χ1) is 12.7. The van der Waals surface area contributed by atoms with Gasteiger partial charge in [-0.25, -0.2) is 23.6 Å². The monoisotopic (exact) mass is 344 g/mol. The Morgan fingerprint density at radius 1 is 0.962 bits per heavy atom. The van der Waals surface area contributed by atoms with E-state index in [9.17, 15) is 4.39 Å². The average Bonchev–Trinajstić information content (AvgIpc) is 3.26. The summed E-state index contributed by atoms with van der Waals surface area (Å²) in [6.45, 7) is 2.03. The Morgan fingerprint density at radius 2 is 1.77 bits per heavy atom. The van der Waals surface area contributed by atoms with Crippen LogP contribution in [0.1, 0.15) is 5.56 Å². The van der Waals surface area contributed by atoms with Crippen molar-refractivity contribution in [2.45, 2.75) is 6.92 Å². The van der Waals surface area contributed by atoms with Crippen LogP contribution in [-0.4, -0.2) is 29.4 Å². The number of nitrogens with zero attached hydrogens (tertiary/aromatic N) is 6. The van der Waals surface area contributed by atoms with Gasteiger partial charge >= 0.3 is 0 Å². The minimum Gasteiger partial charge on any atom is -0.216 e. The highest BCUT2D eigenvalue weighted by Crippen LogP contribution is 2.24. The summed E-state index contributed by atoms with van der Waals surface area (Å²) in [6, 6.07) is 14.5. The summed E-state index contributed by atoms with van der Waals surface area (Å²) in [5.74, 6) is -0.0385. The first-order valence-electron chi connectivity index (χ1n) is 8.12. The molecular formula is C19H13FN6. The third-order valence-corrected chi connectivity index (χ3v) is 4.30. The molecule has 5 aromatic rings. The number of benzene rings is 2. The van der Waals surface area contributed by atoms with Crippen LogP contribution in [-0.2, 0) is 0 Å². The highest BCUT2D eigenvalue weighted by atomic mass is 19.1. The zero-order chi connectivity index (χ0) is 17.7. The fourth-order valence-electron chi connectivity index (χ4n) is 2.95. The molecular weight excluding hydrogens is 331 g/mol. The molecule has 6 nitrogen and oxygen atoms in total. The number of fused-ring (bicyclic) bond motifs is 3. The molecule has 7 heteroatoms. The van der Waals surface area contributed by atoms with Crippen molar-refractivity contribution >= 4 is 16.7 Å². The topological polar surface area (TPSA) is 60.9 Å². The van der Waals surface area contributed by atoms with Crippen molar-refractivity contribution in [2.24, 2.45) is 0 Å². The van der Waals surface area contributed by atoms with Crippen molar-refractivity contribution in [2.75, 3.05) is 0 Å². The lowest BCUT2D eigenvalue weighted by molar-refractivity contribution is 0.630. The molecule has 0 bridgehead atoms. The molecule has 3 heterocycles. The molecule has 126 valence electrons. The molecule has 0 aliphatic heterocycles. The van der Waals surface area contributed by atoms with Gasteiger partial charge < -0.3 is 0 Å². The summed E-state index contributed by atoms with van der Waals surface area (Å²) >= 11 is 0. The van der Waals surface area contributed by atoms with Gasteiger partial charge in [0.2, 0.25) is 0 Å². The van der Waals surface area contributed by atoms with Crippen molar-refractivity contribution in [3.05, 3.63) is 72.4 Å². The minimum absolute atomic E-state index is 0.320. The number of halogens is 1. The van der Waals surface area contributed by atoms with Crippen molar-refractivity contribution in [1.82, 2.24) is 29.4 Å². The molecule has 0 aliphatic rings. The van der Waals surface area contributed by atoms with Crippen LogP contribution < -0.4 is 0 Å². The zero-order valence-corrected chi connectivity index (χ0v) is 13.8. The number of rotatable bonds is 2. The molecule has 0 saturated heterocycles. The molecule has 0 N–H and O–H groups in total. The summed E-state index contributed by atoms with van der Waals surface area (Å²) in [4.78, 5) is 8.98. The fraction of sp³-hybridized carbons (Fsp3) is 0.0526. The largest absolute Gasteiger partial charge is 0.216 e. The van der Waals surface area contributed by atoms with E-state index in [2.05, 4.69) is 20.2 Å². The SMILES string of the molecule is Cc1ccc(-n2ncc3c2ncn2nc(-c4ccccc4F)nc32)cc1. The number of aryl methyl sites for hydroxylation is 1. The lowest BCUT2D eigenvalue weighted by Crippen LogP contribution is -1.98. The summed E-state index contributed by atoms with van der Waals surface area (Å²) < 4.78 is 17.4. The van der Waals surface area contributed by atoms with E-state index in [0.29, 0.717) is 22.7 Å². The Balaban J connectivity index is 1.71. The van der Waals surface area contributed by atoms with Gasteiger partial charge in [0.05, 0.1) is 22.8 Å². The van der Waals surface area contributed by atoms with Gasteiger partial charge in [0.1, 0.15) is 12.1 Å². The maximum atomic E-state index is 14.1. The van der Waals surface area contributed by atoms with Gasteiger partial charge in [-0.1, -0.05) is 29.8 Å². The van der Waals surface area contributed by atoms with Crippen LogP contribution in [0.3, 0.4) is 0 Å². The molecule has 0 fully saturated rings. The van der Waals surface area contributed by atoms with Gasteiger partial charge in [-0.3, -0.25) is 0 Å². The Kier molecular flexibility index (Phi) is 3.08. The third kappa shape index (κ3) is 2.17. The normalized spacial score (nSPS) is 11.5. The fourth-order valence-corrected chi connectivity index (χ4v) is 2.95. The van der Waals surface area contributed by atoms with Crippen molar-refractivity contribution in [1.29, 1.82) is 0 Å². The van der Waals surface area contributed by atoms with E-state index in [-0.39, 0.29) is 5.82 Å². The van der Waals surface area contributed by atoms with Gasteiger partial charge in [0, 0.05) is 0 Å². The highest BCUT2D eigenvalue weighted by molar-refractivity contribution is 5.90. The van der Waals surface area contributed by atoms with E-state index in [4.69, 9.17) is 0 Å². The van der Waals surface area contributed by atoms with Crippen molar-refractivity contribution in [3.8, 4) is 17.1 Å². The van der Waals surface area contributed by atoms with Gasteiger partial charge in [0.25, 0.3) is 0 Å². The maximum absolute atomic E-state index is 14.1. The molecule has 3 aromatic heterocycles. The van der Waals surface area contributed by atoms with Crippen LogP contribution in [0.5, 0.6) is 0 Å². The van der Waals surface area contributed by atoms with Crippen LogP contribution in [0.25, 0.3) is 33.8 Å². The summed E-state index contributed by atoms with van der Waals surface area (Å²) in [7, 11) is 0. The summed E-state index contributed by atoms with van der Waals surface area (Å²) in [5.41, 5.74) is 3.71. The van der Waals surface area contributed by atoms with Crippen molar-refractivity contribution < 1.29 is 4.39 Å². The first kappa shape index (κ1) is 14.7. The van der Waals surface area contributed by atoms with Crippen LogP contribution in [0.4, 0.5) is 4.39 Å². The van der Waals surface area contributed by atoms with Gasteiger partial charge in [-0.2, -0.15) is 5.10 Å². The third-order valence-electron chi connectivity index (χ3n) is 4.30. The van der Waals surface area contributed by atoms with E-state index >= 15 is 0 Å². The molecule has 0 atom stereocenters. The predicted molar refractivity (Wildman–Crippen MR) is 95.5 cm³/mol. The predicted octanol–water partition coefficient (Wildman–Crippen LogP) is 3.58. The molecule has 0 saturated carbocycles. The van der Waals surface area contributed by atoms with E-state index in [1.807, 2.05) is 31.2 Å². The number of aromatic nitrogens is 6. The Morgan fingerprint density at radius 3 is 2.58 bits per heavy atom. The second kappa shape index (κ2) is 5.45. The molecule has 0 spiro atoms. The van der Waals surface area contributed by atoms with Crippen LogP contribution in [0.15, 0.2) is 61.1 Å². The smallest absolute Gasteiger partial charge is 0.185 e. The standard InChI is InChI=1S/C19H13FN6/c1-12-6-8-13(9-7-12)26-18-15(10-22-26)19-23-17(24-25(19)11-21-18)14-4-2-3-5-16(14)20/h2-11H,1H3. The average molecular weight is 344 g/mol. The van der Waals surface area contributed by atoms with Gasteiger partial charge in [0.15, 0.2) is 17.1 Å². The second-order valence-corrected chi connectivity index (χ2v) is 6.06. The van der Waals surface area contributed by atoms with E-state index in [0.717, 1.165) is 11.1 Å². The molecule has 0 amide bonds. The lowest BCUT2D eigenvalue weighted by atomic mass is 10.2.